The van der Waals surface area contributed by atoms with Gasteiger partial charge in [-0.2, -0.15) is 0 Å². The second-order valence-corrected chi connectivity index (χ2v) is 4.00. The first-order chi connectivity index (χ1) is 6.60. The first kappa shape index (κ1) is 9.46. The van der Waals surface area contributed by atoms with Crippen LogP contribution < -0.4 is 0 Å². The van der Waals surface area contributed by atoms with Crippen molar-refractivity contribution in [3.63, 3.8) is 0 Å². The van der Waals surface area contributed by atoms with Crippen molar-refractivity contribution in [2.75, 3.05) is 20.1 Å². The van der Waals surface area contributed by atoms with Crippen LogP contribution in [0.5, 0.6) is 5.75 Å². The number of phenols is 1. The molecule has 0 bridgehead atoms. The molecule has 0 amide bonds. The Labute approximate surface area is 83.0 Å². The topological polar surface area (TPSA) is 23.5 Å². The van der Waals surface area contributed by atoms with Crippen molar-refractivity contribution in [2.45, 2.75) is 12.1 Å². The first-order valence-corrected chi connectivity index (χ1v) is 4.77. The minimum atomic E-state index is -1.28. The van der Waals surface area contributed by atoms with Crippen molar-refractivity contribution in [1.29, 1.82) is 0 Å². The molecule has 0 saturated carbocycles. The molecule has 1 unspecified atom stereocenters. The lowest BCUT2D eigenvalue weighted by molar-refractivity contribution is 0.174. The molecule has 1 saturated heterocycles. The highest BCUT2D eigenvalue weighted by Crippen LogP contribution is 2.36. The molecule has 0 radical (unpaired) electrons. The molecular weight excluding hydrogens is 181 g/mol. The average molecular weight is 195 g/mol. The van der Waals surface area contributed by atoms with Gasteiger partial charge in [-0.1, -0.05) is 12.1 Å². The van der Waals surface area contributed by atoms with Crippen molar-refractivity contribution in [3.8, 4) is 5.75 Å². The largest absolute Gasteiger partial charge is 0.508 e. The molecule has 14 heavy (non-hydrogen) atoms. The Morgan fingerprint density at radius 1 is 1.50 bits per heavy atom. The summed E-state index contributed by atoms with van der Waals surface area (Å²) in [7, 11) is 1.91. The highest BCUT2D eigenvalue weighted by molar-refractivity contribution is 5.32. The van der Waals surface area contributed by atoms with Gasteiger partial charge >= 0.3 is 0 Å². The van der Waals surface area contributed by atoms with E-state index >= 15 is 0 Å². The van der Waals surface area contributed by atoms with Gasteiger partial charge in [0.15, 0.2) is 0 Å². The van der Waals surface area contributed by atoms with Crippen molar-refractivity contribution in [3.05, 3.63) is 29.8 Å². The van der Waals surface area contributed by atoms with Crippen LogP contribution in [0.2, 0.25) is 0 Å². The third-order valence-electron chi connectivity index (χ3n) is 2.77. The van der Waals surface area contributed by atoms with E-state index in [2.05, 4.69) is 0 Å². The standard InChI is InChI=1S/C11H14FNO/c1-13-6-5-11(12,8-13)9-3-2-4-10(14)7-9/h2-4,7,14H,5-6,8H2,1H3. The van der Waals surface area contributed by atoms with Crippen LogP contribution in [0.3, 0.4) is 0 Å². The van der Waals surface area contributed by atoms with Gasteiger partial charge in [0.25, 0.3) is 0 Å². The van der Waals surface area contributed by atoms with Gasteiger partial charge in [0.1, 0.15) is 11.4 Å². The van der Waals surface area contributed by atoms with Gasteiger partial charge in [-0.05, 0) is 31.2 Å². The maximum Gasteiger partial charge on any atom is 0.149 e. The van der Waals surface area contributed by atoms with Crippen LogP contribution in [0, 0.1) is 0 Å². The van der Waals surface area contributed by atoms with E-state index in [1.54, 1.807) is 18.2 Å². The van der Waals surface area contributed by atoms with E-state index in [-0.39, 0.29) is 5.75 Å². The zero-order chi connectivity index (χ0) is 10.2. The van der Waals surface area contributed by atoms with Crippen molar-refractivity contribution < 1.29 is 9.50 Å². The van der Waals surface area contributed by atoms with Gasteiger partial charge in [0.05, 0.1) is 0 Å². The van der Waals surface area contributed by atoms with E-state index in [4.69, 9.17) is 0 Å². The second kappa shape index (κ2) is 3.24. The highest BCUT2D eigenvalue weighted by Gasteiger charge is 2.38. The fourth-order valence-electron chi connectivity index (χ4n) is 1.97. The lowest BCUT2D eigenvalue weighted by Gasteiger charge is -2.19. The molecule has 1 fully saturated rings. The number of phenolic OH excluding ortho intramolecular Hbond substituents is 1. The maximum atomic E-state index is 14.3. The molecule has 76 valence electrons. The van der Waals surface area contributed by atoms with Crippen LogP contribution >= 0.6 is 0 Å². The van der Waals surface area contributed by atoms with Crippen LogP contribution in [0.4, 0.5) is 4.39 Å². The predicted octanol–water partition coefficient (Wildman–Crippen LogP) is 1.89. The summed E-state index contributed by atoms with van der Waals surface area (Å²) in [4.78, 5) is 1.96. The summed E-state index contributed by atoms with van der Waals surface area (Å²) in [6, 6.07) is 6.49. The van der Waals surface area contributed by atoms with E-state index in [0.29, 0.717) is 18.5 Å². The fourth-order valence-corrected chi connectivity index (χ4v) is 1.97. The molecule has 2 nitrogen and oxygen atoms in total. The summed E-state index contributed by atoms with van der Waals surface area (Å²) in [5.74, 6) is 0.133. The number of nitrogens with zero attached hydrogens (tertiary/aromatic N) is 1. The number of rotatable bonds is 1. The van der Waals surface area contributed by atoms with Crippen molar-refractivity contribution in [2.24, 2.45) is 0 Å². The van der Waals surface area contributed by atoms with Gasteiger partial charge in [0.2, 0.25) is 0 Å². The minimum absolute atomic E-state index is 0.133. The third-order valence-corrected chi connectivity index (χ3v) is 2.77. The number of benzene rings is 1. The number of likely N-dealkylation sites (N-methyl/N-ethyl adjacent to an activating group) is 1. The average Bonchev–Trinajstić information content (AvgIpc) is 2.48. The lowest BCUT2D eigenvalue weighted by atomic mass is 9.95. The SMILES string of the molecule is CN1CCC(F)(c2cccc(O)c2)C1. The number of likely N-dealkylation sites (tertiary alicyclic amines) is 1. The van der Waals surface area contributed by atoms with E-state index in [0.717, 1.165) is 6.54 Å². The van der Waals surface area contributed by atoms with E-state index in [1.807, 2.05) is 11.9 Å². The Morgan fingerprint density at radius 3 is 2.86 bits per heavy atom. The number of hydrogen-bond acceptors (Lipinski definition) is 2. The summed E-state index contributed by atoms with van der Waals surface area (Å²) in [6.07, 6.45) is 0.507. The quantitative estimate of drug-likeness (QED) is 0.739. The molecule has 1 heterocycles. The van der Waals surface area contributed by atoms with Gasteiger partial charge in [-0.15, -0.1) is 0 Å². The van der Waals surface area contributed by atoms with Gasteiger partial charge in [0, 0.05) is 13.1 Å². The predicted molar refractivity (Wildman–Crippen MR) is 53.0 cm³/mol. The summed E-state index contributed by atoms with van der Waals surface area (Å²) in [5, 5.41) is 9.27. The molecular formula is C11H14FNO. The number of hydrogen-bond donors (Lipinski definition) is 1. The van der Waals surface area contributed by atoms with E-state index < -0.39 is 5.67 Å². The van der Waals surface area contributed by atoms with E-state index in [9.17, 15) is 9.50 Å². The first-order valence-electron chi connectivity index (χ1n) is 4.77. The van der Waals surface area contributed by atoms with Gasteiger partial charge < -0.3 is 10.0 Å². The Kier molecular flexibility index (Phi) is 2.19. The maximum absolute atomic E-state index is 14.3. The molecule has 1 aliphatic heterocycles. The Hall–Kier alpha value is -1.09. The van der Waals surface area contributed by atoms with Gasteiger partial charge in [-0.25, -0.2) is 4.39 Å². The molecule has 0 aromatic heterocycles. The highest BCUT2D eigenvalue weighted by atomic mass is 19.1. The summed E-state index contributed by atoms with van der Waals surface area (Å²) in [5.41, 5.74) is -0.699. The number of aromatic hydroxyl groups is 1. The van der Waals surface area contributed by atoms with Crippen LogP contribution in [0.1, 0.15) is 12.0 Å². The second-order valence-electron chi connectivity index (χ2n) is 4.00. The summed E-state index contributed by atoms with van der Waals surface area (Å²) in [6.45, 7) is 1.18. The van der Waals surface area contributed by atoms with Crippen LogP contribution in [0.25, 0.3) is 0 Å². The molecule has 3 heteroatoms. The number of halogens is 1. The molecule has 0 spiro atoms. The molecule has 1 aliphatic rings. The Morgan fingerprint density at radius 2 is 2.29 bits per heavy atom. The zero-order valence-corrected chi connectivity index (χ0v) is 8.20. The normalized spacial score (nSPS) is 28.1. The van der Waals surface area contributed by atoms with E-state index in [1.165, 1.54) is 6.07 Å². The zero-order valence-electron chi connectivity index (χ0n) is 8.20. The smallest absolute Gasteiger partial charge is 0.149 e. The third kappa shape index (κ3) is 1.60. The molecule has 1 N–H and O–H groups in total. The molecule has 1 atom stereocenters. The molecule has 1 aromatic rings. The molecule has 1 aromatic carbocycles. The summed E-state index contributed by atoms with van der Waals surface area (Å²) < 4.78 is 14.3. The lowest BCUT2D eigenvalue weighted by Crippen LogP contribution is -2.24. The van der Waals surface area contributed by atoms with Crippen molar-refractivity contribution in [1.82, 2.24) is 4.90 Å². The fraction of sp³-hybridized carbons (Fsp3) is 0.455. The van der Waals surface area contributed by atoms with Crippen LogP contribution in [0.15, 0.2) is 24.3 Å². The molecule has 2 rings (SSSR count). The Balaban J connectivity index is 2.30. The molecule has 0 aliphatic carbocycles. The van der Waals surface area contributed by atoms with Crippen LogP contribution in [-0.2, 0) is 5.67 Å². The Bertz CT molecular complexity index is 342. The van der Waals surface area contributed by atoms with Crippen molar-refractivity contribution >= 4 is 0 Å². The monoisotopic (exact) mass is 195 g/mol. The van der Waals surface area contributed by atoms with Gasteiger partial charge in [-0.3, -0.25) is 0 Å². The summed E-state index contributed by atoms with van der Waals surface area (Å²) >= 11 is 0. The number of alkyl halides is 1. The van der Waals surface area contributed by atoms with Crippen LogP contribution in [-0.4, -0.2) is 30.1 Å². The minimum Gasteiger partial charge on any atom is -0.508 e.